The maximum absolute atomic E-state index is 13.7. The summed E-state index contributed by atoms with van der Waals surface area (Å²) >= 11 is 0. The quantitative estimate of drug-likeness (QED) is 0.800. The van der Waals surface area contributed by atoms with Crippen molar-refractivity contribution in [2.75, 3.05) is 13.1 Å². The first-order valence-corrected chi connectivity index (χ1v) is 6.49. The third-order valence-corrected chi connectivity index (χ3v) is 3.62. The molecule has 3 rings (SSSR count). The number of aromatic nitrogens is 2. The summed E-state index contributed by atoms with van der Waals surface area (Å²) in [5.41, 5.74) is -1.59. The number of rotatable bonds is 2. The monoisotopic (exact) mass is 313 g/mol. The average Bonchev–Trinajstić information content (AvgIpc) is 2.89. The first-order valence-electron chi connectivity index (χ1n) is 6.49. The Morgan fingerprint density at radius 2 is 2.00 bits per heavy atom. The average molecular weight is 313 g/mol. The maximum Gasteiger partial charge on any atom is 0.416 e. The highest BCUT2D eigenvalue weighted by molar-refractivity contribution is 5.95. The predicted octanol–water partition coefficient (Wildman–Crippen LogP) is 2.74. The summed E-state index contributed by atoms with van der Waals surface area (Å²) in [5.74, 6) is -1.69. The number of hydrogen-bond acceptors (Lipinski definition) is 2. The van der Waals surface area contributed by atoms with Crippen molar-refractivity contribution in [3.05, 3.63) is 53.9 Å². The number of amides is 1. The molecule has 4 nitrogen and oxygen atoms in total. The minimum atomic E-state index is -4.61. The molecule has 1 aromatic carbocycles. The summed E-state index contributed by atoms with van der Waals surface area (Å²) in [6, 6.07) is 1.86. The van der Waals surface area contributed by atoms with Crippen molar-refractivity contribution in [3.8, 4) is 0 Å². The van der Waals surface area contributed by atoms with Crippen molar-refractivity contribution < 1.29 is 22.4 Å². The second-order valence-corrected chi connectivity index (χ2v) is 5.07. The standard InChI is InChI=1S/C14H11F4N3O/c15-12-2-1-9(14(16,17)18)5-11(12)13(22)21-6-10(7-21)20-4-3-19-8-20/h1-5,8,10H,6-7H2. The lowest BCUT2D eigenvalue weighted by atomic mass is 10.0. The maximum atomic E-state index is 13.7. The number of imidazole rings is 1. The molecule has 1 aromatic heterocycles. The molecule has 8 heteroatoms. The zero-order chi connectivity index (χ0) is 15.9. The molecular weight excluding hydrogens is 302 g/mol. The number of halogens is 4. The summed E-state index contributed by atoms with van der Waals surface area (Å²) < 4.78 is 53.4. The van der Waals surface area contributed by atoms with Gasteiger partial charge in [-0.3, -0.25) is 4.79 Å². The molecule has 0 unspecified atom stereocenters. The Balaban J connectivity index is 1.76. The van der Waals surface area contributed by atoms with E-state index in [0.717, 1.165) is 0 Å². The number of alkyl halides is 3. The van der Waals surface area contributed by atoms with Crippen LogP contribution in [0.3, 0.4) is 0 Å². The molecule has 1 fully saturated rings. The molecule has 116 valence electrons. The molecule has 0 radical (unpaired) electrons. The SMILES string of the molecule is O=C(c1cc(C(F)(F)F)ccc1F)N1CC(n2ccnc2)C1. The third-order valence-electron chi connectivity index (χ3n) is 3.62. The fourth-order valence-electron chi connectivity index (χ4n) is 2.33. The molecule has 2 heterocycles. The first-order chi connectivity index (χ1) is 10.4. The van der Waals surface area contributed by atoms with Gasteiger partial charge in [0.1, 0.15) is 5.82 Å². The number of carbonyl (C=O) groups is 1. The third kappa shape index (κ3) is 2.56. The molecule has 1 saturated heterocycles. The van der Waals surface area contributed by atoms with Crippen LogP contribution in [0.15, 0.2) is 36.9 Å². The fourth-order valence-corrected chi connectivity index (χ4v) is 2.33. The van der Waals surface area contributed by atoms with E-state index in [-0.39, 0.29) is 6.04 Å². The van der Waals surface area contributed by atoms with Crippen LogP contribution >= 0.6 is 0 Å². The van der Waals surface area contributed by atoms with Crippen molar-refractivity contribution >= 4 is 5.91 Å². The zero-order valence-corrected chi connectivity index (χ0v) is 11.2. The van der Waals surface area contributed by atoms with Gasteiger partial charge in [0.15, 0.2) is 0 Å². The second kappa shape index (κ2) is 5.11. The van der Waals surface area contributed by atoms with E-state index in [1.54, 1.807) is 23.3 Å². The van der Waals surface area contributed by atoms with E-state index >= 15 is 0 Å². The van der Waals surface area contributed by atoms with Gasteiger partial charge in [-0.15, -0.1) is 0 Å². The van der Waals surface area contributed by atoms with E-state index in [4.69, 9.17) is 0 Å². The Kier molecular flexibility index (Phi) is 3.38. The molecule has 0 bridgehead atoms. The Morgan fingerprint density at radius 3 is 2.59 bits per heavy atom. The van der Waals surface area contributed by atoms with E-state index in [1.165, 1.54) is 4.90 Å². The lowest BCUT2D eigenvalue weighted by molar-refractivity contribution is -0.137. The van der Waals surface area contributed by atoms with Crippen LogP contribution in [0.25, 0.3) is 0 Å². The van der Waals surface area contributed by atoms with Crippen LogP contribution in [0.5, 0.6) is 0 Å². The van der Waals surface area contributed by atoms with Gasteiger partial charge in [-0.05, 0) is 18.2 Å². The van der Waals surface area contributed by atoms with Crippen molar-refractivity contribution in [2.45, 2.75) is 12.2 Å². The molecule has 0 atom stereocenters. The van der Waals surface area contributed by atoms with E-state index in [1.807, 2.05) is 0 Å². The Labute approximate surface area is 123 Å². The van der Waals surface area contributed by atoms with Crippen LogP contribution in [-0.4, -0.2) is 33.4 Å². The van der Waals surface area contributed by atoms with Crippen LogP contribution < -0.4 is 0 Å². The summed E-state index contributed by atoms with van der Waals surface area (Å²) in [4.78, 5) is 17.3. The zero-order valence-electron chi connectivity index (χ0n) is 11.2. The van der Waals surface area contributed by atoms with Gasteiger partial charge in [-0.2, -0.15) is 13.2 Å². The number of benzene rings is 1. The van der Waals surface area contributed by atoms with Crippen molar-refractivity contribution in [3.63, 3.8) is 0 Å². The molecule has 2 aromatic rings. The highest BCUT2D eigenvalue weighted by Gasteiger charge is 2.36. The molecule has 0 aliphatic carbocycles. The van der Waals surface area contributed by atoms with Crippen LogP contribution in [0.2, 0.25) is 0 Å². The molecule has 1 aliphatic rings. The van der Waals surface area contributed by atoms with Crippen LogP contribution in [0.4, 0.5) is 17.6 Å². The van der Waals surface area contributed by atoms with Gasteiger partial charge in [0.05, 0.1) is 23.5 Å². The number of nitrogens with zero attached hydrogens (tertiary/aromatic N) is 3. The van der Waals surface area contributed by atoms with E-state index in [2.05, 4.69) is 4.98 Å². The van der Waals surface area contributed by atoms with Crippen molar-refractivity contribution in [1.82, 2.24) is 14.5 Å². The van der Waals surface area contributed by atoms with Gasteiger partial charge in [-0.1, -0.05) is 0 Å². The van der Waals surface area contributed by atoms with E-state index < -0.39 is 29.0 Å². The molecule has 1 amide bonds. The van der Waals surface area contributed by atoms with Crippen LogP contribution in [-0.2, 0) is 6.18 Å². The van der Waals surface area contributed by atoms with Crippen LogP contribution in [0.1, 0.15) is 22.0 Å². The first kappa shape index (κ1) is 14.6. The smallest absolute Gasteiger partial charge is 0.334 e. The molecule has 22 heavy (non-hydrogen) atoms. The highest BCUT2D eigenvalue weighted by atomic mass is 19.4. The van der Waals surface area contributed by atoms with E-state index in [0.29, 0.717) is 31.3 Å². The predicted molar refractivity (Wildman–Crippen MR) is 68.6 cm³/mol. The Morgan fingerprint density at radius 1 is 1.27 bits per heavy atom. The van der Waals surface area contributed by atoms with Gasteiger partial charge in [-0.25, -0.2) is 9.37 Å². The van der Waals surface area contributed by atoms with Gasteiger partial charge in [0.25, 0.3) is 5.91 Å². The van der Waals surface area contributed by atoms with Gasteiger partial charge < -0.3 is 9.47 Å². The topological polar surface area (TPSA) is 38.1 Å². The van der Waals surface area contributed by atoms with E-state index in [9.17, 15) is 22.4 Å². The van der Waals surface area contributed by atoms with Gasteiger partial charge in [0.2, 0.25) is 0 Å². The largest absolute Gasteiger partial charge is 0.416 e. The normalized spacial score (nSPS) is 15.7. The summed E-state index contributed by atoms with van der Waals surface area (Å²) in [6.07, 6.45) is 0.308. The Hall–Kier alpha value is -2.38. The van der Waals surface area contributed by atoms with Crippen molar-refractivity contribution in [1.29, 1.82) is 0 Å². The lowest BCUT2D eigenvalue weighted by Crippen LogP contribution is -2.50. The molecule has 0 spiro atoms. The molecule has 1 aliphatic heterocycles. The summed E-state index contributed by atoms with van der Waals surface area (Å²) in [5, 5.41) is 0. The summed E-state index contributed by atoms with van der Waals surface area (Å²) in [7, 11) is 0. The number of likely N-dealkylation sites (tertiary alicyclic amines) is 1. The molecular formula is C14H11F4N3O. The lowest BCUT2D eigenvalue weighted by Gasteiger charge is -2.39. The number of carbonyl (C=O) groups excluding carboxylic acids is 1. The van der Waals surface area contributed by atoms with Gasteiger partial charge >= 0.3 is 6.18 Å². The molecule has 0 saturated carbocycles. The highest BCUT2D eigenvalue weighted by Crippen LogP contribution is 2.31. The van der Waals surface area contributed by atoms with Crippen LogP contribution in [0, 0.1) is 5.82 Å². The Bertz CT molecular complexity index is 691. The minimum absolute atomic E-state index is 0.0142. The minimum Gasteiger partial charge on any atom is -0.334 e. The van der Waals surface area contributed by atoms with Crippen molar-refractivity contribution in [2.24, 2.45) is 0 Å². The summed E-state index contributed by atoms with van der Waals surface area (Å²) in [6.45, 7) is 0.621. The molecule has 0 N–H and O–H groups in total. The second-order valence-electron chi connectivity index (χ2n) is 5.07. The fraction of sp³-hybridized carbons (Fsp3) is 0.286. The number of hydrogen-bond donors (Lipinski definition) is 0. The van der Waals surface area contributed by atoms with Gasteiger partial charge in [0, 0.05) is 25.5 Å².